The van der Waals surface area contributed by atoms with Crippen molar-refractivity contribution in [3.05, 3.63) is 35.4 Å². The van der Waals surface area contributed by atoms with Crippen molar-refractivity contribution in [1.82, 2.24) is 0 Å². The first-order valence-electron chi connectivity index (χ1n) is 7.40. The molecule has 0 heterocycles. The molecule has 0 unspecified atom stereocenters. The van der Waals surface area contributed by atoms with Crippen LogP contribution < -0.4 is 0 Å². The van der Waals surface area contributed by atoms with Gasteiger partial charge in [-0.05, 0) is 24.8 Å². The Hall–Kier alpha value is -1.11. The maximum atomic E-state index is 11.7. The van der Waals surface area contributed by atoms with Crippen LogP contribution in [0.2, 0.25) is 0 Å². The zero-order valence-electron chi connectivity index (χ0n) is 11.9. The molecular weight excluding hydrogens is 220 g/mol. The maximum absolute atomic E-state index is 11.7. The predicted octanol–water partition coefficient (Wildman–Crippen LogP) is 5.18. The summed E-state index contributed by atoms with van der Waals surface area (Å²) in [5, 5.41) is 0. The van der Waals surface area contributed by atoms with Gasteiger partial charge in [0.2, 0.25) is 0 Å². The highest BCUT2D eigenvalue weighted by molar-refractivity contribution is 5.95. The lowest BCUT2D eigenvalue weighted by molar-refractivity contribution is 0.0982. The SMILES string of the molecule is CCCCCCCc1ccc(C(=O)CCC)cc1. The van der Waals surface area contributed by atoms with E-state index >= 15 is 0 Å². The van der Waals surface area contributed by atoms with Gasteiger partial charge in [0.1, 0.15) is 0 Å². The third-order valence-electron chi connectivity index (χ3n) is 3.32. The molecule has 1 aromatic rings. The molecule has 0 bridgehead atoms. The second-order valence-corrected chi connectivity index (χ2v) is 5.03. The first-order chi connectivity index (χ1) is 8.77. The molecule has 1 heteroatoms. The van der Waals surface area contributed by atoms with Crippen LogP contribution in [0.15, 0.2) is 24.3 Å². The van der Waals surface area contributed by atoms with Crippen molar-refractivity contribution in [2.45, 2.75) is 65.2 Å². The summed E-state index contributed by atoms with van der Waals surface area (Å²) < 4.78 is 0. The van der Waals surface area contributed by atoms with Crippen molar-refractivity contribution >= 4 is 5.78 Å². The summed E-state index contributed by atoms with van der Waals surface area (Å²) in [4.78, 5) is 11.7. The highest BCUT2D eigenvalue weighted by Crippen LogP contribution is 2.12. The molecule has 1 aromatic carbocycles. The van der Waals surface area contributed by atoms with E-state index in [4.69, 9.17) is 0 Å². The van der Waals surface area contributed by atoms with Gasteiger partial charge in [-0.15, -0.1) is 0 Å². The first-order valence-corrected chi connectivity index (χ1v) is 7.40. The molecule has 0 amide bonds. The molecule has 1 rings (SSSR count). The van der Waals surface area contributed by atoms with Crippen LogP contribution in [-0.4, -0.2) is 5.78 Å². The van der Waals surface area contributed by atoms with Gasteiger partial charge < -0.3 is 0 Å². The van der Waals surface area contributed by atoms with Crippen molar-refractivity contribution in [2.24, 2.45) is 0 Å². The van der Waals surface area contributed by atoms with Gasteiger partial charge in [-0.3, -0.25) is 4.79 Å². The van der Waals surface area contributed by atoms with Crippen LogP contribution in [0.4, 0.5) is 0 Å². The number of unbranched alkanes of at least 4 members (excludes halogenated alkanes) is 4. The molecule has 0 saturated carbocycles. The first kappa shape index (κ1) is 14.9. The minimum atomic E-state index is 0.270. The van der Waals surface area contributed by atoms with Gasteiger partial charge in [0, 0.05) is 12.0 Å². The fourth-order valence-corrected chi connectivity index (χ4v) is 2.16. The van der Waals surface area contributed by atoms with Gasteiger partial charge in [0.25, 0.3) is 0 Å². The summed E-state index contributed by atoms with van der Waals surface area (Å²) in [5.41, 5.74) is 2.23. The van der Waals surface area contributed by atoms with Gasteiger partial charge in [-0.1, -0.05) is 63.8 Å². The molecule has 0 N–H and O–H groups in total. The van der Waals surface area contributed by atoms with Gasteiger partial charge in [-0.2, -0.15) is 0 Å². The zero-order chi connectivity index (χ0) is 13.2. The maximum Gasteiger partial charge on any atom is 0.162 e. The molecule has 1 nitrogen and oxygen atoms in total. The van der Waals surface area contributed by atoms with Crippen LogP contribution in [0.1, 0.15) is 74.7 Å². The summed E-state index contributed by atoms with van der Waals surface area (Å²) in [6.45, 7) is 4.29. The number of carbonyl (C=O) groups is 1. The van der Waals surface area contributed by atoms with E-state index in [9.17, 15) is 4.79 Å². The topological polar surface area (TPSA) is 17.1 Å². The Kier molecular flexibility index (Phi) is 7.40. The van der Waals surface area contributed by atoms with E-state index in [0.29, 0.717) is 6.42 Å². The third-order valence-corrected chi connectivity index (χ3v) is 3.32. The molecule has 0 aliphatic heterocycles. The van der Waals surface area contributed by atoms with Crippen molar-refractivity contribution in [3.8, 4) is 0 Å². The molecular formula is C17H26O. The van der Waals surface area contributed by atoms with Gasteiger partial charge in [0.15, 0.2) is 5.78 Å². The van der Waals surface area contributed by atoms with Crippen LogP contribution in [0.25, 0.3) is 0 Å². The van der Waals surface area contributed by atoms with Gasteiger partial charge in [-0.25, -0.2) is 0 Å². The van der Waals surface area contributed by atoms with E-state index in [2.05, 4.69) is 19.1 Å². The lowest BCUT2D eigenvalue weighted by Crippen LogP contribution is -1.98. The van der Waals surface area contributed by atoms with Crippen molar-refractivity contribution in [1.29, 1.82) is 0 Å². The van der Waals surface area contributed by atoms with E-state index in [1.165, 1.54) is 37.7 Å². The number of aryl methyl sites for hydroxylation is 1. The number of hydrogen-bond acceptors (Lipinski definition) is 1. The average Bonchev–Trinajstić information content (AvgIpc) is 2.39. The minimum Gasteiger partial charge on any atom is -0.294 e. The Balaban J connectivity index is 2.33. The van der Waals surface area contributed by atoms with Crippen LogP contribution in [0.3, 0.4) is 0 Å². The lowest BCUT2D eigenvalue weighted by Gasteiger charge is -2.03. The molecule has 0 fully saturated rings. The number of hydrogen-bond donors (Lipinski definition) is 0. The number of ketones is 1. The average molecular weight is 246 g/mol. The Labute approximate surface area is 112 Å². The third kappa shape index (κ3) is 5.48. The molecule has 0 aliphatic rings. The fourth-order valence-electron chi connectivity index (χ4n) is 2.16. The van der Waals surface area contributed by atoms with E-state index < -0.39 is 0 Å². The van der Waals surface area contributed by atoms with Crippen molar-refractivity contribution in [3.63, 3.8) is 0 Å². The largest absolute Gasteiger partial charge is 0.294 e. The number of carbonyl (C=O) groups excluding carboxylic acids is 1. The molecule has 0 spiro atoms. The summed E-state index contributed by atoms with van der Waals surface area (Å²) in [6.07, 6.45) is 9.33. The summed E-state index contributed by atoms with van der Waals surface area (Å²) in [7, 11) is 0. The number of benzene rings is 1. The zero-order valence-corrected chi connectivity index (χ0v) is 11.9. The minimum absolute atomic E-state index is 0.270. The van der Waals surface area contributed by atoms with Crippen molar-refractivity contribution in [2.75, 3.05) is 0 Å². The molecule has 0 radical (unpaired) electrons. The normalized spacial score (nSPS) is 10.6. The summed E-state index contributed by atoms with van der Waals surface area (Å²) >= 11 is 0. The predicted molar refractivity (Wildman–Crippen MR) is 78.1 cm³/mol. The molecule has 18 heavy (non-hydrogen) atoms. The fraction of sp³-hybridized carbons (Fsp3) is 0.588. The van der Waals surface area contributed by atoms with E-state index in [1.807, 2.05) is 19.1 Å². The summed E-state index contributed by atoms with van der Waals surface area (Å²) in [6, 6.07) is 8.20. The highest BCUT2D eigenvalue weighted by Gasteiger charge is 2.03. The molecule has 0 atom stereocenters. The van der Waals surface area contributed by atoms with Crippen LogP contribution in [0, 0.1) is 0 Å². The highest BCUT2D eigenvalue weighted by atomic mass is 16.1. The van der Waals surface area contributed by atoms with E-state index in [-0.39, 0.29) is 5.78 Å². The molecule has 0 aromatic heterocycles. The molecule has 0 saturated heterocycles. The monoisotopic (exact) mass is 246 g/mol. The van der Waals surface area contributed by atoms with E-state index in [1.54, 1.807) is 0 Å². The lowest BCUT2D eigenvalue weighted by atomic mass is 10.0. The van der Waals surface area contributed by atoms with Crippen molar-refractivity contribution < 1.29 is 4.79 Å². The Morgan fingerprint density at radius 1 is 0.889 bits per heavy atom. The van der Waals surface area contributed by atoms with Crippen LogP contribution in [0.5, 0.6) is 0 Å². The smallest absolute Gasteiger partial charge is 0.162 e. The summed E-state index contributed by atoms with van der Waals surface area (Å²) in [5.74, 6) is 0.270. The molecule has 0 aliphatic carbocycles. The van der Waals surface area contributed by atoms with E-state index in [0.717, 1.165) is 18.4 Å². The Morgan fingerprint density at radius 3 is 2.17 bits per heavy atom. The quantitative estimate of drug-likeness (QED) is 0.433. The standard InChI is InChI=1S/C17H26O/c1-3-5-6-7-8-10-15-11-13-16(14-12-15)17(18)9-4-2/h11-14H,3-10H2,1-2H3. The molecule has 100 valence electrons. The Morgan fingerprint density at radius 2 is 1.56 bits per heavy atom. The second-order valence-electron chi connectivity index (χ2n) is 5.03. The second kappa shape index (κ2) is 8.91. The van der Waals surface area contributed by atoms with Gasteiger partial charge in [0.05, 0.1) is 0 Å². The number of Topliss-reactive ketones (excluding diaryl/α,β-unsaturated/α-hetero) is 1. The van der Waals surface area contributed by atoms with Crippen LogP contribution >= 0.6 is 0 Å². The van der Waals surface area contributed by atoms with Crippen LogP contribution in [-0.2, 0) is 6.42 Å². The number of rotatable bonds is 9. The van der Waals surface area contributed by atoms with Gasteiger partial charge >= 0.3 is 0 Å². The Bertz CT molecular complexity index is 337.